The first-order valence-corrected chi connectivity index (χ1v) is 10.7. The molecule has 0 aliphatic heterocycles. The third-order valence-electron chi connectivity index (χ3n) is 4.34. The van der Waals surface area contributed by atoms with Crippen LogP contribution >= 0.6 is 23.4 Å². The smallest absolute Gasteiger partial charge is 0.342 e. The number of rotatable bonds is 9. The first-order valence-electron chi connectivity index (χ1n) is 9.53. The van der Waals surface area contributed by atoms with E-state index in [1.54, 1.807) is 30.3 Å². The number of thioether (sulfide) groups is 1. The molecule has 0 spiro atoms. The number of aliphatic carboxylic acids is 1. The van der Waals surface area contributed by atoms with Crippen molar-refractivity contribution in [2.45, 2.75) is 18.6 Å². The lowest BCUT2D eigenvalue weighted by molar-refractivity contribution is -0.131. The fraction of sp³-hybridized carbons (Fsp3) is 0.174. The van der Waals surface area contributed by atoms with Crippen LogP contribution in [0.2, 0.25) is 5.02 Å². The number of terminal acetylenes is 1. The van der Waals surface area contributed by atoms with Gasteiger partial charge in [0.2, 0.25) is 0 Å². The van der Waals surface area contributed by atoms with Crippen molar-refractivity contribution in [2.24, 2.45) is 0 Å². The van der Waals surface area contributed by atoms with Crippen LogP contribution in [0.5, 0.6) is 11.5 Å². The second-order valence-corrected chi connectivity index (χ2v) is 7.82. The van der Waals surface area contributed by atoms with Crippen molar-refractivity contribution in [1.82, 2.24) is 14.8 Å². The van der Waals surface area contributed by atoms with Crippen LogP contribution < -0.4 is 9.47 Å². The van der Waals surface area contributed by atoms with Crippen LogP contribution in [0.15, 0.2) is 52.5 Å². The van der Waals surface area contributed by atoms with Crippen LogP contribution in [0.3, 0.4) is 0 Å². The molecule has 1 N–H and O–H groups in total. The Hall–Kier alpha value is -3.41. The monoisotopic (exact) mass is 469 g/mol. The van der Waals surface area contributed by atoms with Crippen LogP contribution in [0, 0.1) is 12.3 Å². The lowest BCUT2D eigenvalue weighted by Gasteiger charge is -2.10. The van der Waals surface area contributed by atoms with Crippen LogP contribution in [0.1, 0.15) is 12.5 Å². The van der Waals surface area contributed by atoms with E-state index in [2.05, 4.69) is 16.1 Å². The Kier molecular flexibility index (Phi) is 7.82. The molecule has 3 aromatic rings. The highest BCUT2D eigenvalue weighted by molar-refractivity contribution is 8.04. The summed E-state index contributed by atoms with van der Waals surface area (Å²) in [6.07, 6.45) is 6.77. The van der Waals surface area contributed by atoms with Gasteiger partial charge in [0.25, 0.3) is 0 Å². The first-order chi connectivity index (χ1) is 15.5. The molecule has 0 unspecified atom stereocenters. The SMILES string of the molecule is C#CCOc1ccc(/C=C(\Sc2nnc(-c3ccc(Cl)cc3)n2CC)C(=O)O)cc1OC. The van der Waals surface area contributed by atoms with Gasteiger partial charge in [-0.25, -0.2) is 4.79 Å². The minimum absolute atomic E-state index is 0.0779. The van der Waals surface area contributed by atoms with Gasteiger partial charge in [-0.3, -0.25) is 0 Å². The van der Waals surface area contributed by atoms with E-state index in [0.29, 0.717) is 39.6 Å². The summed E-state index contributed by atoms with van der Waals surface area (Å²) in [4.78, 5) is 12.0. The zero-order chi connectivity index (χ0) is 23.1. The molecule has 9 heteroatoms. The summed E-state index contributed by atoms with van der Waals surface area (Å²) in [5, 5.41) is 19.3. The molecule has 0 atom stereocenters. The van der Waals surface area contributed by atoms with Crippen LogP contribution in [0.4, 0.5) is 0 Å². The predicted octanol–water partition coefficient (Wildman–Crippen LogP) is 4.86. The summed E-state index contributed by atoms with van der Waals surface area (Å²) >= 11 is 6.99. The van der Waals surface area contributed by atoms with Gasteiger partial charge in [0.15, 0.2) is 22.5 Å². The zero-order valence-corrected chi connectivity index (χ0v) is 19.0. The summed E-state index contributed by atoms with van der Waals surface area (Å²) in [6.45, 7) is 2.61. The quantitative estimate of drug-likeness (QED) is 0.272. The average molecular weight is 470 g/mol. The van der Waals surface area contributed by atoms with E-state index in [1.807, 2.05) is 23.6 Å². The van der Waals surface area contributed by atoms with Crippen molar-refractivity contribution in [3.8, 4) is 35.2 Å². The van der Waals surface area contributed by atoms with Gasteiger partial charge in [0.05, 0.1) is 7.11 Å². The van der Waals surface area contributed by atoms with Gasteiger partial charge in [-0.15, -0.1) is 16.6 Å². The van der Waals surface area contributed by atoms with E-state index in [9.17, 15) is 9.90 Å². The van der Waals surface area contributed by atoms with Gasteiger partial charge in [-0.2, -0.15) is 0 Å². The third-order valence-corrected chi connectivity index (χ3v) is 5.59. The summed E-state index contributed by atoms with van der Waals surface area (Å²) < 4.78 is 12.6. The number of hydrogen-bond donors (Lipinski definition) is 1. The lowest BCUT2D eigenvalue weighted by atomic mass is 10.2. The first kappa shape index (κ1) is 23.3. The van der Waals surface area contributed by atoms with Gasteiger partial charge >= 0.3 is 5.97 Å². The molecule has 0 aliphatic rings. The van der Waals surface area contributed by atoms with Crippen molar-refractivity contribution in [2.75, 3.05) is 13.7 Å². The standard InChI is InChI=1S/C23H20ClN3O4S/c1-4-12-31-18-11-6-15(13-19(18)30-3)14-20(22(28)29)32-23-26-25-21(27(23)5-2)16-7-9-17(24)10-8-16/h1,6-11,13-14H,5,12H2,2-3H3,(H,28,29)/b20-14-. The lowest BCUT2D eigenvalue weighted by Crippen LogP contribution is -2.03. The summed E-state index contributed by atoms with van der Waals surface area (Å²) in [5.74, 6) is 2.87. The molecule has 0 aliphatic carbocycles. The van der Waals surface area contributed by atoms with Crippen LogP contribution in [-0.4, -0.2) is 39.6 Å². The van der Waals surface area contributed by atoms with Crippen molar-refractivity contribution in [3.05, 3.63) is 58.0 Å². The van der Waals surface area contributed by atoms with Crippen molar-refractivity contribution >= 4 is 35.4 Å². The molecule has 164 valence electrons. The van der Waals surface area contributed by atoms with E-state index in [1.165, 1.54) is 13.2 Å². The molecule has 7 nitrogen and oxygen atoms in total. The van der Waals surface area contributed by atoms with Gasteiger partial charge in [-0.1, -0.05) is 23.6 Å². The molecule has 0 saturated heterocycles. The number of carbonyl (C=O) groups is 1. The molecule has 0 saturated carbocycles. The Morgan fingerprint density at radius 3 is 2.62 bits per heavy atom. The van der Waals surface area contributed by atoms with Gasteiger partial charge in [-0.05, 0) is 66.7 Å². The minimum atomic E-state index is -1.08. The van der Waals surface area contributed by atoms with E-state index in [0.717, 1.165) is 17.3 Å². The van der Waals surface area contributed by atoms with Gasteiger partial charge in [0, 0.05) is 17.1 Å². The molecule has 0 bridgehead atoms. The number of benzene rings is 2. The Balaban J connectivity index is 1.92. The Bertz CT molecular complexity index is 1180. The summed E-state index contributed by atoms with van der Waals surface area (Å²) in [6, 6.07) is 12.3. The Morgan fingerprint density at radius 1 is 1.25 bits per heavy atom. The molecular formula is C23H20ClN3O4S. The number of methoxy groups -OCH3 is 1. The largest absolute Gasteiger partial charge is 0.493 e. The summed E-state index contributed by atoms with van der Waals surface area (Å²) in [7, 11) is 1.50. The molecule has 0 fully saturated rings. The van der Waals surface area contributed by atoms with Crippen LogP contribution in [0.25, 0.3) is 17.5 Å². The molecule has 2 aromatic carbocycles. The van der Waals surface area contributed by atoms with Crippen molar-refractivity contribution in [1.29, 1.82) is 0 Å². The third kappa shape index (κ3) is 5.44. The normalized spacial score (nSPS) is 11.1. The fourth-order valence-corrected chi connectivity index (χ4v) is 3.87. The molecule has 1 aromatic heterocycles. The topological polar surface area (TPSA) is 86.5 Å². The van der Waals surface area contributed by atoms with Crippen molar-refractivity contribution < 1.29 is 19.4 Å². The number of hydrogen-bond acceptors (Lipinski definition) is 6. The maximum atomic E-state index is 11.9. The van der Waals surface area contributed by atoms with E-state index in [4.69, 9.17) is 27.5 Å². The molecule has 1 heterocycles. The predicted molar refractivity (Wildman–Crippen MR) is 125 cm³/mol. The number of ether oxygens (including phenoxy) is 2. The molecule has 32 heavy (non-hydrogen) atoms. The Morgan fingerprint density at radius 2 is 2.00 bits per heavy atom. The minimum Gasteiger partial charge on any atom is -0.493 e. The zero-order valence-electron chi connectivity index (χ0n) is 17.4. The number of aromatic nitrogens is 3. The molecule has 0 amide bonds. The molecule has 0 radical (unpaired) electrons. The Labute approximate surface area is 195 Å². The molecular weight excluding hydrogens is 450 g/mol. The summed E-state index contributed by atoms with van der Waals surface area (Å²) in [5.41, 5.74) is 1.46. The van der Waals surface area contributed by atoms with Crippen molar-refractivity contribution in [3.63, 3.8) is 0 Å². The van der Waals surface area contributed by atoms with E-state index >= 15 is 0 Å². The van der Waals surface area contributed by atoms with Gasteiger partial charge < -0.3 is 19.1 Å². The average Bonchev–Trinajstić information content (AvgIpc) is 3.20. The number of halogens is 1. The van der Waals surface area contributed by atoms with Gasteiger partial charge in [0.1, 0.15) is 11.5 Å². The second-order valence-electron chi connectivity index (χ2n) is 6.38. The fourth-order valence-electron chi connectivity index (χ4n) is 2.86. The van der Waals surface area contributed by atoms with E-state index < -0.39 is 5.97 Å². The molecule has 3 rings (SSSR count). The highest BCUT2D eigenvalue weighted by Gasteiger charge is 2.18. The highest BCUT2D eigenvalue weighted by Crippen LogP contribution is 2.33. The number of carboxylic acid groups (broad SMARTS) is 1. The number of nitrogens with zero attached hydrogens (tertiary/aromatic N) is 3. The maximum Gasteiger partial charge on any atom is 0.342 e. The number of carboxylic acids is 1. The van der Waals surface area contributed by atoms with E-state index in [-0.39, 0.29) is 11.5 Å². The van der Waals surface area contributed by atoms with Crippen LogP contribution in [-0.2, 0) is 11.3 Å². The highest BCUT2D eigenvalue weighted by atomic mass is 35.5. The second kappa shape index (κ2) is 10.8. The maximum absolute atomic E-state index is 11.9.